The van der Waals surface area contributed by atoms with Gasteiger partial charge in [-0.2, -0.15) is 0 Å². The molecular formula is C16H23N3O. The van der Waals surface area contributed by atoms with Crippen molar-refractivity contribution in [2.24, 2.45) is 23.7 Å². The van der Waals surface area contributed by atoms with Gasteiger partial charge in [-0.3, -0.25) is 4.79 Å². The van der Waals surface area contributed by atoms with Gasteiger partial charge < -0.3 is 9.47 Å². The molecule has 0 bridgehead atoms. The molecule has 20 heavy (non-hydrogen) atoms. The third kappa shape index (κ3) is 2.25. The summed E-state index contributed by atoms with van der Waals surface area (Å²) < 4.78 is 2.24. The first-order chi connectivity index (χ1) is 9.72. The number of fused-ring (bicyclic) bond motifs is 1. The number of aromatic nitrogens is 2. The van der Waals surface area contributed by atoms with Crippen LogP contribution >= 0.6 is 0 Å². The molecule has 1 aliphatic heterocycles. The van der Waals surface area contributed by atoms with E-state index >= 15 is 0 Å². The predicted octanol–water partition coefficient (Wildman–Crippen LogP) is 1.95. The molecule has 1 amide bonds. The number of nitrogens with zero attached hydrogens (tertiary/aromatic N) is 3. The third-order valence-electron chi connectivity index (χ3n) is 5.34. The number of hydrogen-bond donors (Lipinski definition) is 0. The zero-order chi connectivity index (χ0) is 13.7. The van der Waals surface area contributed by atoms with Gasteiger partial charge in [-0.25, -0.2) is 4.98 Å². The summed E-state index contributed by atoms with van der Waals surface area (Å²) in [4.78, 5) is 18.8. The van der Waals surface area contributed by atoms with Gasteiger partial charge in [-0.15, -0.1) is 0 Å². The third-order valence-corrected chi connectivity index (χ3v) is 5.34. The Morgan fingerprint density at radius 2 is 2.30 bits per heavy atom. The van der Waals surface area contributed by atoms with Crippen LogP contribution in [0.25, 0.3) is 0 Å². The number of imidazole rings is 1. The minimum absolute atomic E-state index is 0.359. The summed E-state index contributed by atoms with van der Waals surface area (Å²) in [5.41, 5.74) is 0. The summed E-state index contributed by atoms with van der Waals surface area (Å²) in [7, 11) is 1.99. The molecular weight excluding hydrogens is 250 g/mol. The van der Waals surface area contributed by atoms with Crippen molar-refractivity contribution in [2.45, 2.75) is 38.6 Å². The summed E-state index contributed by atoms with van der Waals surface area (Å²) in [5.74, 6) is 4.14. The van der Waals surface area contributed by atoms with Gasteiger partial charge in [-0.05, 0) is 43.4 Å². The first-order valence-electron chi connectivity index (χ1n) is 7.97. The number of rotatable bonds is 4. The quantitative estimate of drug-likeness (QED) is 0.841. The van der Waals surface area contributed by atoms with E-state index in [-0.39, 0.29) is 0 Å². The predicted molar refractivity (Wildman–Crippen MR) is 76.0 cm³/mol. The van der Waals surface area contributed by atoms with Gasteiger partial charge in [0.15, 0.2) is 0 Å². The van der Waals surface area contributed by atoms with Gasteiger partial charge in [0.2, 0.25) is 5.91 Å². The smallest absolute Gasteiger partial charge is 0.225 e. The summed E-state index contributed by atoms with van der Waals surface area (Å²) in [6.07, 6.45) is 10.0. The summed E-state index contributed by atoms with van der Waals surface area (Å²) in [6.45, 7) is 1.95. The molecule has 3 unspecified atom stereocenters. The van der Waals surface area contributed by atoms with Crippen molar-refractivity contribution < 1.29 is 4.79 Å². The molecule has 2 aliphatic carbocycles. The first kappa shape index (κ1) is 12.4. The monoisotopic (exact) mass is 273 g/mol. The molecule has 1 aromatic heterocycles. The van der Waals surface area contributed by atoms with Gasteiger partial charge in [0.25, 0.3) is 0 Å². The van der Waals surface area contributed by atoms with Crippen LogP contribution in [-0.2, 0) is 17.8 Å². The Labute approximate surface area is 120 Å². The Morgan fingerprint density at radius 1 is 1.45 bits per heavy atom. The number of amides is 1. The Balaban J connectivity index is 1.32. The molecule has 0 saturated heterocycles. The number of carbonyl (C=O) groups excluding carboxylic acids is 1. The van der Waals surface area contributed by atoms with Crippen LogP contribution < -0.4 is 0 Å². The normalized spacial score (nSPS) is 31.8. The summed E-state index contributed by atoms with van der Waals surface area (Å²) >= 11 is 0. The van der Waals surface area contributed by atoms with Crippen molar-refractivity contribution in [2.75, 3.05) is 13.6 Å². The van der Waals surface area contributed by atoms with Crippen LogP contribution in [0.1, 0.15) is 31.5 Å². The van der Waals surface area contributed by atoms with Crippen molar-refractivity contribution in [1.82, 2.24) is 14.5 Å². The lowest BCUT2D eigenvalue weighted by Crippen LogP contribution is -2.36. The van der Waals surface area contributed by atoms with E-state index in [2.05, 4.69) is 15.7 Å². The van der Waals surface area contributed by atoms with Crippen LogP contribution in [0.15, 0.2) is 12.4 Å². The molecule has 0 spiro atoms. The standard InChI is InChI=1S/C16H23N3O/c1-18(16(20)14-9-13(14)12-2-3-12)10-11-4-6-19-7-5-17-15(19)8-11/h5,7,11-14H,2-4,6,8-10H2,1H3. The molecule has 3 atom stereocenters. The van der Waals surface area contributed by atoms with Crippen LogP contribution in [0.3, 0.4) is 0 Å². The van der Waals surface area contributed by atoms with E-state index in [1.165, 1.54) is 18.7 Å². The average molecular weight is 273 g/mol. The van der Waals surface area contributed by atoms with E-state index in [1.807, 2.05) is 18.1 Å². The number of aryl methyl sites for hydroxylation is 1. The van der Waals surface area contributed by atoms with E-state index in [9.17, 15) is 4.79 Å². The van der Waals surface area contributed by atoms with Crippen molar-refractivity contribution in [3.8, 4) is 0 Å². The highest BCUT2D eigenvalue weighted by molar-refractivity contribution is 5.81. The Bertz CT molecular complexity index is 520. The fourth-order valence-electron chi connectivity index (χ4n) is 3.88. The highest BCUT2D eigenvalue weighted by Gasteiger charge is 2.51. The van der Waals surface area contributed by atoms with Gasteiger partial charge in [0.1, 0.15) is 5.82 Å². The Kier molecular flexibility index (Phi) is 2.86. The molecule has 3 aliphatic rings. The lowest BCUT2D eigenvalue weighted by atomic mass is 9.97. The fourth-order valence-corrected chi connectivity index (χ4v) is 3.88. The largest absolute Gasteiger partial charge is 0.345 e. The van der Waals surface area contributed by atoms with Crippen molar-refractivity contribution in [1.29, 1.82) is 0 Å². The Morgan fingerprint density at radius 3 is 3.10 bits per heavy atom. The van der Waals surface area contributed by atoms with Crippen LogP contribution in [0.5, 0.6) is 0 Å². The number of carbonyl (C=O) groups is 1. The highest BCUT2D eigenvalue weighted by atomic mass is 16.2. The summed E-state index contributed by atoms with van der Waals surface area (Å²) in [5, 5.41) is 0. The van der Waals surface area contributed by atoms with Crippen LogP contribution in [0.2, 0.25) is 0 Å². The van der Waals surface area contributed by atoms with E-state index in [4.69, 9.17) is 0 Å². The molecule has 0 N–H and O–H groups in total. The molecule has 2 saturated carbocycles. The van der Waals surface area contributed by atoms with Crippen LogP contribution in [0.4, 0.5) is 0 Å². The van der Waals surface area contributed by atoms with E-state index in [1.54, 1.807) is 0 Å². The number of hydrogen-bond acceptors (Lipinski definition) is 2. The van der Waals surface area contributed by atoms with E-state index in [0.717, 1.165) is 44.2 Å². The second kappa shape index (κ2) is 4.61. The zero-order valence-electron chi connectivity index (χ0n) is 12.2. The molecule has 1 aromatic rings. The highest BCUT2D eigenvalue weighted by Crippen LogP contribution is 2.54. The van der Waals surface area contributed by atoms with Gasteiger partial charge in [-0.1, -0.05) is 0 Å². The Hall–Kier alpha value is -1.32. The van der Waals surface area contributed by atoms with E-state index < -0.39 is 0 Å². The van der Waals surface area contributed by atoms with Gasteiger partial charge >= 0.3 is 0 Å². The van der Waals surface area contributed by atoms with Gasteiger partial charge in [0, 0.05) is 44.9 Å². The van der Waals surface area contributed by atoms with Crippen LogP contribution in [0, 0.1) is 23.7 Å². The van der Waals surface area contributed by atoms with Crippen molar-refractivity contribution in [3.63, 3.8) is 0 Å². The SMILES string of the molecule is CN(CC1CCn2ccnc2C1)C(=O)C1CC1C1CC1. The van der Waals surface area contributed by atoms with Gasteiger partial charge in [0.05, 0.1) is 0 Å². The van der Waals surface area contributed by atoms with Crippen LogP contribution in [-0.4, -0.2) is 34.0 Å². The molecule has 4 rings (SSSR count). The molecule has 2 fully saturated rings. The maximum absolute atomic E-state index is 12.4. The topological polar surface area (TPSA) is 38.1 Å². The van der Waals surface area contributed by atoms with E-state index in [0.29, 0.717) is 17.7 Å². The maximum Gasteiger partial charge on any atom is 0.225 e. The molecule has 4 heteroatoms. The maximum atomic E-state index is 12.4. The molecule has 0 aromatic carbocycles. The zero-order valence-corrected chi connectivity index (χ0v) is 12.2. The molecule has 108 valence electrons. The molecule has 2 heterocycles. The second-order valence-corrected chi connectivity index (χ2v) is 6.96. The second-order valence-electron chi connectivity index (χ2n) is 6.96. The van der Waals surface area contributed by atoms with Crippen molar-refractivity contribution in [3.05, 3.63) is 18.2 Å². The first-order valence-corrected chi connectivity index (χ1v) is 7.97. The van der Waals surface area contributed by atoms with Crippen molar-refractivity contribution >= 4 is 5.91 Å². The molecule has 4 nitrogen and oxygen atoms in total. The lowest BCUT2D eigenvalue weighted by Gasteiger charge is -2.28. The lowest BCUT2D eigenvalue weighted by molar-refractivity contribution is -0.132. The minimum Gasteiger partial charge on any atom is -0.345 e. The molecule has 0 radical (unpaired) electrons. The fraction of sp³-hybridized carbons (Fsp3) is 0.750. The minimum atomic E-state index is 0.359. The average Bonchev–Trinajstić information content (AvgIpc) is 3.33. The summed E-state index contributed by atoms with van der Waals surface area (Å²) in [6, 6.07) is 0.